The Labute approximate surface area is 226 Å². The van der Waals surface area contributed by atoms with Crippen molar-refractivity contribution < 1.29 is 14.3 Å². The molecule has 1 aromatic carbocycles. The molecule has 0 aliphatic carbocycles. The van der Waals surface area contributed by atoms with Gasteiger partial charge in [0, 0.05) is 81.9 Å². The van der Waals surface area contributed by atoms with Crippen molar-refractivity contribution in [2.24, 2.45) is 5.92 Å². The van der Waals surface area contributed by atoms with E-state index < -0.39 is 0 Å². The van der Waals surface area contributed by atoms with Crippen LogP contribution in [0.25, 0.3) is 11.0 Å². The number of hydrogen-bond donors (Lipinski definition) is 1. The highest BCUT2D eigenvalue weighted by Crippen LogP contribution is 2.24. The van der Waals surface area contributed by atoms with Crippen molar-refractivity contribution in [2.45, 2.75) is 13.0 Å². The molecule has 2 saturated heterocycles. The molecule has 11 nitrogen and oxygen atoms in total. The van der Waals surface area contributed by atoms with Crippen LogP contribution in [-0.2, 0) is 20.9 Å². The van der Waals surface area contributed by atoms with Crippen LogP contribution in [0.15, 0.2) is 60.0 Å². The summed E-state index contributed by atoms with van der Waals surface area (Å²) in [4.78, 5) is 51.5. The number of fused-ring (bicyclic) bond motifs is 1. The third-order valence-electron chi connectivity index (χ3n) is 7.30. The maximum absolute atomic E-state index is 12.7. The van der Waals surface area contributed by atoms with E-state index in [1.165, 1.54) is 13.2 Å². The Morgan fingerprint density at radius 3 is 2.67 bits per heavy atom. The molecule has 4 heterocycles. The van der Waals surface area contributed by atoms with Gasteiger partial charge in [0.1, 0.15) is 12.3 Å². The fraction of sp³-hybridized carbons (Fsp3) is 0.393. The van der Waals surface area contributed by atoms with Crippen LogP contribution in [0.2, 0.25) is 0 Å². The molecule has 0 bridgehead atoms. The van der Waals surface area contributed by atoms with Crippen LogP contribution in [0.3, 0.4) is 0 Å². The Bertz CT molecular complexity index is 1420. The molecule has 5 rings (SSSR count). The summed E-state index contributed by atoms with van der Waals surface area (Å²) in [6.07, 6.45) is 3.83. The number of piperazine rings is 1. The van der Waals surface area contributed by atoms with Crippen LogP contribution in [-0.4, -0.2) is 89.1 Å². The van der Waals surface area contributed by atoms with Crippen LogP contribution >= 0.6 is 0 Å². The van der Waals surface area contributed by atoms with Gasteiger partial charge in [-0.1, -0.05) is 12.6 Å². The van der Waals surface area contributed by atoms with Crippen molar-refractivity contribution in [3.8, 4) is 0 Å². The predicted octanol–water partition coefficient (Wildman–Crippen LogP) is 1.86. The van der Waals surface area contributed by atoms with Crippen molar-refractivity contribution in [1.29, 1.82) is 0 Å². The number of carbonyl (C=O) groups is 2. The highest BCUT2D eigenvalue weighted by molar-refractivity contribution is 5.87. The second-order valence-electron chi connectivity index (χ2n) is 9.87. The molecular formula is C28H33N7O4. The first-order chi connectivity index (χ1) is 18.9. The second-order valence-corrected chi connectivity index (χ2v) is 9.87. The van der Waals surface area contributed by atoms with Gasteiger partial charge in [-0.3, -0.25) is 19.0 Å². The second kappa shape index (κ2) is 11.6. The normalized spacial score (nSPS) is 15.8. The quantitative estimate of drug-likeness (QED) is 0.417. The van der Waals surface area contributed by atoms with Crippen LogP contribution < -0.4 is 15.8 Å². The minimum absolute atomic E-state index is 0.0111. The van der Waals surface area contributed by atoms with E-state index in [4.69, 9.17) is 9.72 Å². The standard InChI is InChI=1S/C28H33N7O4/c1-3-24(36)34-17-20(18-34)9-10-35-25(37)8-7-21-16-29-28(31-27(21)35)30-22-5-4-6-23(15-22)32-11-13-33(14-12-32)26(38)19-39-2/h3-8,15-16,20H,1,9-14,17-19H2,2H3,(H,29,30,31). The van der Waals surface area contributed by atoms with Crippen LogP contribution in [0.4, 0.5) is 17.3 Å². The van der Waals surface area contributed by atoms with Gasteiger partial charge in [0.2, 0.25) is 17.8 Å². The highest BCUT2D eigenvalue weighted by atomic mass is 16.5. The van der Waals surface area contributed by atoms with E-state index in [1.54, 1.807) is 27.8 Å². The summed E-state index contributed by atoms with van der Waals surface area (Å²) in [6.45, 7) is 8.28. The van der Waals surface area contributed by atoms with Gasteiger partial charge in [-0.15, -0.1) is 0 Å². The number of anilines is 3. The number of nitrogens with one attached hydrogen (secondary N) is 1. The maximum Gasteiger partial charge on any atom is 0.252 e. The smallest absolute Gasteiger partial charge is 0.252 e. The summed E-state index contributed by atoms with van der Waals surface area (Å²) >= 11 is 0. The molecule has 3 aromatic rings. The molecule has 0 spiro atoms. The van der Waals surface area contributed by atoms with Crippen LogP contribution in [0.1, 0.15) is 6.42 Å². The first kappa shape index (κ1) is 26.4. The predicted molar refractivity (Wildman–Crippen MR) is 149 cm³/mol. The number of aromatic nitrogens is 3. The van der Waals surface area contributed by atoms with Gasteiger partial charge in [0.05, 0.1) is 0 Å². The number of rotatable bonds is 9. The third kappa shape index (κ3) is 5.93. The lowest BCUT2D eigenvalue weighted by Gasteiger charge is -2.38. The number of aryl methyl sites for hydroxylation is 1. The Kier molecular flexibility index (Phi) is 7.87. The van der Waals surface area contributed by atoms with E-state index in [0.717, 1.165) is 36.3 Å². The van der Waals surface area contributed by atoms with Gasteiger partial charge in [-0.05, 0) is 42.7 Å². The zero-order chi connectivity index (χ0) is 27.4. The summed E-state index contributed by atoms with van der Waals surface area (Å²) in [6, 6.07) is 11.3. The van der Waals surface area contributed by atoms with Gasteiger partial charge in [-0.2, -0.15) is 4.98 Å². The Morgan fingerprint density at radius 1 is 1.13 bits per heavy atom. The van der Waals surface area contributed by atoms with Gasteiger partial charge in [0.25, 0.3) is 5.56 Å². The third-order valence-corrected chi connectivity index (χ3v) is 7.30. The largest absolute Gasteiger partial charge is 0.375 e. The maximum atomic E-state index is 12.7. The van der Waals surface area contributed by atoms with E-state index in [9.17, 15) is 14.4 Å². The Balaban J connectivity index is 1.26. The molecule has 0 unspecified atom stereocenters. The lowest BCUT2D eigenvalue weighted by molar-refractivity contribution is -0.135. The first-order valence-corrected chi connectivity index (χ1v) is 13.1. The van der Waals surface area contributed by atoms with E-state index in [1.807, 2.05) is 29.2 Å². The topological polar surface area (TPSA) is 113 Å². The fourth-order valence-corrected chi connectivity index (χ4v) is 5.06. The number of carbonyl (C=O) groups excluding carboxylic acids is 2. The van der Waals surface area contributed by atoms with Crippen LogP contribution in [0, 0.1) is 5.92 Å². The number of methoxy groups -OCH3 is 1. The molecule has 0 atom stereocenters. The van der Waals surface area contributed by atoms with Gasteiger partial charge in [-0.25, -0.2) is 4.98 Å². The lowest BCUT2D eigenvalue weighted by atomic mass is 9.96. The molecule has 2 aliphatic heterocycles. The van der Waals surface area contributed by atoms with E-state index in [2.05, 4.69) is 21.8 Å². The molecule has 0 radical (unpaired) electrons. The molecule has 2 fully saturated rings. The molecule has 2 aromatic heterocycles. The zero-order valence-corrected chi connectivity index (χ0v) is 22.1. The van der Waals surface area contributed by atoms with Crippen molar-refractivity contribution >= 4 is 40.2 Å². The number of nitrogens with zero attached hydrogens (tertiary/aromatic N) is 6. The molecule has 204 valence electrons. The minimum atomic E-state index is -0.115. The highest BCUT2D eigenvalue weighted by Gasteiger charge is 2.29. The van der Waals surface area contributed by atoms with Crippen molar-refractivity contribution in [1.82, 2.24) is 24.3 Å². The summed E-state index contributed by atoms with van der Waals surface area (Å²) in [5.41, 5.74) is 2.33. The summed E-state index contributed by atoms with van der Waals surface area (Å²) in [5, 5.41) is 4.06. The molecule has 39 heavy (non-hydrogen) atoms. The molecule has 0 saturated carbocycles. The summed E-state index contributed by atoms with van der Waals surface area (Å²) < 4.78 is 6.65. The molecule has 2 amide bonds. The summed E-state index contributed by atoms with van der Waals surface area (Å²) in [7, 11) is 1.53. The fourth-order valence-electron chi connectivity index (χ4n) is 5.06. The monoisotopic (exact) mass is 531 g/mol. The minimum Gasteiger partial charge on any atom is -0.375 e. The number of benzene rings is 1. The van der Waals surface area contributed by atoms with Crippen LogP contribution in [0.5, 0.6) is 0 Å². The summed E-state index contributed by atoms with van der Waals surface area (Å²) in [5.74, 6) is 0.705. The number of likely N-dealkylation sites (tertiary alicyclic amines) is 1. The number of ether oxygens (including phenoxy) is 1. The van der Waals surface area contributed by atoms with Crippen molar-refractivity contribution in [3.63, 3.8) is 0 Å². The van der Waals surface area contributed by atoms with E-state index >= 15 is 0 Å². The van der Waals surface area contributed by atoms with Crippen molar-refractivity contribution in [2.75, 3.05) is 63.2 Å². The SMILES string of the molecule is C=CC(=O)N1CC(CCn2c(=O)ccc3cnc(Nc4cccc(N5CCN(C(=O)COC)CC5)c4)nc32)C1. The zero-order valence-electron chi connectivity index (χ0n) is 22.1. The lowest BCUT2D eigenvalue weighted by Crippen LogP contribution is -2.49. The van der Waals surface area contributed by atoms with Gasteiger partial charge in [0.15, 0.2) is 0 Å². The van der Waals surface area contributed by atoms with E-state index in [0.29, 0.717) is 50.2 Å². The van der Waals surface area contributed by atoms with Gasteiger partial charge < -0.3 is 24.8 Å². The van der Waals surface area contributed by atoms with Gasteiger partial charge >= 0.3 is 0 Å². The Hall–Kier alpha value is -4.25. The molecule has 11 heteroatoms. The molecular weight excluding hydrogens is 498 g/mol. The molecule has 2 aliphatic rings. The average molecular weight is 532 g/mol. The number of amides is 2. The van der Waals surface area contributed by atoms with E-state index in [-0.39, 0.29) is 24.0 Å². The average Bonchev–Trinajstić information content (AvgIpc) is 2.93. The number of pyridine rings is 1. The molecule has 1 N–H and O–H groups in total. The Morgan fingerprint density at radius 2 is 1.92 bits per heavy atom. The van der Waals surface area contributed by atoms with Crippen molar-refractivity contribution in [3.05, 3.63) is 65.6 Å². The number of hydrogen-bond acceptors (Lipinski definition) is 8. The first-order valence-electron chi connectivity index (χ1n) is 13.1.